The Balaban J connectivity index is 2.64. The van der Waals surface area contributed by atoms with Gasteiger partial charge in [0.1, 0.15) is 4.90 Å². The highest BCUT2D eigenvalue weighted by molar-refractivity contribution is 7.90. The maximum Gasteiger partial charge on any atom is 0.266 e. The lowest BCUT2D eigenvalue weighted by molar-refractivity contribution is 0.592. The fraction of sp³-hybridized carbons (Fsp3) is 0.125. The number of nitrogens with one attached hydrogen (secondary N) is 2. The Labute approximate surface area is 81.9 Å². The highest BCUT2D eigenvalue weighted by atomic mass is 32.2. The van der Waals surface area contributed by atoms with Crippen molar-refractivity contribution in [3.05, 3.63) is 24.3 Å². The predicted octanol–water partition coefficient (Wildman–Crippen LogP) is 0.376. The molecule has 0 aliphatic carbocycles. The molecule has 74 valence electrons. The fourth-order valence-electron chi connectivity index (χ4n) is 1.24. The summed E-state index contributed by atoms with van der Waals surface area (Å²) >= 11 is 0. The van der Waals surface area contributed by atoms with Crippen LogP contribution in [0.4, 0.5) is 5.69 Å². The SMILES string of the molecule is CN=C1Nc2ccccc2S(=O)(=O)N1. The standard InChI is InChI=1S/C8H9N3O2S/c1-9-8-10-6-4-2-3-5-7(6)14(12,13)11-8/h2-5H,1H3,(H2,9,10,11). The Bertz CT molecular complexity index is 493. The third kappa shape index (κ3) is 1.33. The van der Waals surface area contributed by atoms with Crippen LogP contribution in [-0.2, 0) is 10.0 Å². The van der Waals surface area contributed by atoms with Gasteiger partial charge in [0.25, 0.3) is 10.0 Å². The molecule has 1 aromatic rings. The lowest BCUT2D eigenvalue weighted by Crippen LogP contribution is -2.40. The van der Waals surface area contributed by atoms with Crippen LogP contribution in [0.1, 0.15) is 0 Å². The number of sulfonamides is 1. The van der Waals surface area contributed by atoms with Crippen molar-refractivity contribution in [2.45, 2.75) is 4.90 Å². The third-order valence-corrected chi connectivity index (χ3v) is 3.28. The molecule has 1 aromatic carbocycles. The summed E-state index contributed by atoms with van der Waals surface area (Å²) in [6, 6.07) is 6.67. The minimum absolute atomic E-state index is 0.240. The van der Waals surface area contributed by atoms with Crippen LogP contribution in [0.25, 0.3) is 0 Å². The molecule has 0 atom stereocenters. The second kappa shape index (κ2) is 2.98. The zero-order chi connectivity index (χ0) is 10.2. The van der Waals surface area contributed by atoms with Gasteiger partial charge in [0.05, 0.1) is 5.69 Å². The molecule has 1 aliphatic heterocycles. The Morgan fingerprint density at radius 3 is 2.71 bits per heavy atom. The highest BCUT2D eigenvalue weighted by Gasteiger charge is 2.25. The van der Waals surface area contributed by atoms with Gasteiger partial charge in [-0.15, -0.1) is 0 Å². The largest absolute Gasteiger partial charge is 0.324 e. The lowest BCUT2D eigenvalue weighted by atomic mass is 10.3. The van der Waals surface area contributed by atoms with Gasteiger partial charge in [-0.05, 0) is 12.1 Å². The summed E-state index contributed by atoms with van der Waals surface area (Å²) in [6.07, 6.45) is 0. The predicted molar refractivity (Wildman–Crippen MR) is 53.7 cm³/mol. The molecule has 0 aromatic heterocycles. The molecule has 2 rings (SSSR count). The smallest absolute Gasteiger partial charge is 0.266 e. The quantitative estimate of drug-likeness (QED) is 0.651. The molecule has 5 nitrogen and oxygen atoms in total. The number of hydrogen-bond acceptors (Lipinski definition) is 3. The van der Waals surface area contributed by atoms with Gasteiger partial charge in [0.2, 0.25) is 5.96 Å². The van der Waals surface area contributed by atoms with Gasteiger partial charge in [0.15, 0.2) is 0 Å². The van der Waals surface area contributed by atoms with Crippen LogP contribution in [-0.4, -0.2) is 21.4 Å². The molecule has 0 saturated carbocycles. The van der Waals surface area contributed by atoms with Crippen LogP contribution < -0.4 is 10.0 Å². The van der Waals surface area contributed by atoms with Gasteiger partial charge in [0, 0.05) is 7.05 Å². The number of hydrogen-bond donors (Lipinski definition) is 2. The van der Waals surface area contributed by atoms with Gasteiger partial charge < -0.3 is 5.32 Å². The second-order valence-corrected chi connectivity index (χ2v) is 4.45. The van der Waals surface area contributed by atoms with Crippen molar-refractivity contribution in [2.75, 3.05) is 12.4 Å². The van der Waals surface area contributed by atoms with E-state index in [1.165, 1.54) is 13.1 Å². The summed E-state index contributed by atoms with van der Waals surface area (Å²) in [5.41, 5.74) is 0.548. The molecule has 1 heterocycles. The summed E-state index contributed by atoms with van der Waals surface area (Å²) in [5.74, 6) is 0.240. The van der Waals surface area contributed by atoms with Gasteiger partial charge in [-0.3, -0.25) is 4.99 Å². The van der Waals surface area contributed by atoms with E-state index < -0.39 is 10.0 Å². The molecule has 14 heavy (non-hydrogen) atoms. The van der Waals surface area contributed by atoms with Crippen molar-refractivity contribution < 1.29 is 8.42 Å². The molecule has 0 amide bonds. The minimum Gasteiger partial charge on any atom is -0.324 e. The molecule has 0 saturated heterocycles. The van der Waals surface area contributed by atoms with E-state index in [9.17, 15) is 8.42 Å². The number of aliphatic imine (C=N–C) groups is 1. The molecule has 0 spiro atoms. The first-order chi connectivity index (χ1) is 6.63. The van der Waals surface area contributed by atoms with E-state index in [-0.39, 0.29) is 10.9 Å². The van der Waals surface area contributed by atoms with Crippen molar-refractivity contribution in [3.8, 4) is 0 Å². The van der Waals surface area contributed by atoms with E-state index in [1.807, 2.05) is 0 Å². The average molecular weight is 211 g/mol. The van der Waals surface area contributed by atoms with Crippen LogP contribution in [0, 0.1) is 0 Å². The summed E-state index contributed by atoms with van der Waals surface area (Å²) in [4.78, 5) is 4.00. The number of nitrogens with zero attached hydrogens (tertiary/aromatic N) is 1. The van der Waals surface area contributed by atoms with Crippen LogP contribution >= 0.6 is 0 Å². The molecule has 0 bridgehead atoms. The second-order valence-electron chi connectivity index (χ2n) is 2.80. The van der Waals surface area contributed by atoms with Crippen LogP contribution in [0.15, 0.2) is 34.2 Å². The van der Waals surface area contributed by atoms with Gasteiger partial charge in [-0.25, -0.2) is 13.1 Å². The zero-order valence-corrected chi connectivity index (χ0v) is 8.30. The Kier molecular flexibility index (Phi) is 1.92. The monoisotopic (exact) mass is 211 g/mol. The third-order valence-electron chi connectivity index (χ3n) is 1.88. The first kappa shape index (κ1) is 9.01. The molecule has 0 unspecified atom stereocenters. The zero-order valence-electron chi connectivity index (χ0n) is 7.48. The maximum atomic E-state index is 11.6. The normalized spacial score (nSPS) is 20.8. The Morgan fingerprint density at radius 2 is 2.00 bits per heavy atom. The van der Waals surface area contributed by atoms with Crippen molar-refractivity contribution in [1.82, 2.24) is 4.72 Å². The summed E-state index contributed by atoms with van der Waals surface area (Å²) in [7, 11) is -1.93. The lowest BCUT2D eigenvalue weighted by Gasteiger charge is -2.20. The topological polar surface area (TPSA) is 70.6 Å². The number of fused-ring (bicyclic) bond motifs is 1. The van der Waals surface area contributed by atoms with E-state index in [4.69, 9.17) is 0 Å². The molecule has 0 radical (unpaired) electrons. The molecule has 6 heteroatoms. The maximum absolute atomic E-state index is 11.6. The summed E-state index contributed by atoms with van der Waals surface area (Å²) < 4.78 is 25.5. The van der Waals surface area contributed by atoms with Crippen molar-refractivity contribution in [2.24, 2.45) is 4.99 Å². The van der Waals surface area contributed by atoms with Crippen molar-refractivity contribution >= 4 is 21.7 Å². The Morgan fingerprint density at radius 1 is 1.29 bits per heavy atom. The van der Waals surface area contributed by atoms with Gasteiger partial charge in [-0.1, -0.05) is 12.1 Å². The van der Waals surface area contributed by atoms with Crippen LogP contribution in [0.5, 0.6) is 0 Å². The number of anilines is 1. The van der Waals surface area contributed by atoms with Gasteiger partial charge in [-0.2, -0.15) is 0 Å². The van der Waals surface area contributed by atoms with E-state index >= 15 is 0 Å². The number of benzene rings is 1. The number of guanidine groups is 1. The van der Waals surface area contributed by atoms with Crippen LogP contribution in [0.2, 0.25) is 0 Å². The molecule has 0 fully saturated rings. The average Bonchev–Trinajstić information content (AvgIpc) is 2.17. The molecular formula is C8H9N3O2S. The first-order valence-electron chi connectivity index (χ1n) is 3.99. The van der Waals surface area contributed by atoms with E-state index in [0.717, 1.165) is 0 Å². The summed E-state index contributed by atoms with van der Waals surface area (Å²) in [5, 5.41) is 2.86. The van der Waals surface area contributed by atoms with E-state index in [1.54, 1.807) is 18.2 Å². The molecule has 1 aliphatic rings. The molecular weight excluding hydrogens is 202 g/mol. The number of para-hydroxylation sites is 1. The fourth-order valence-corrected chi connectivity index (χ4v) is 2.41. The van der Waals surface area contributed by atoms with Gasteiger partial charge >= 0.3 is 0 Å². The van der Waals surface area contributed by atoms with Crippen molar-refractivity contribution in [3.63, 3.8) is 0 Å². The van der Waals surface area contributed by atoms with E-state index in [2.05, 4.69) is 15.0 Å². The minimum atomic E-state index is -3.45. The number of rotatable bonds is 0. The first-order valence-corrected chi connectivity index (χ1v) is 5.47. The van der Waals surface area contributed by atoms with E-state index in [0.29, 0.717) is 5.69 Å². The highest BCUT2D eigenvalue weighted by Crippen LogP contribution is 2.23. The summed E-state index contributed by atoms with van der Waals surface area (Å²) in [6.45, 7) is 0. The van der Waals surface area contributed by atoms with Crippen LogP contribution in [0.3, 0.4) is 0 Å². The van der Waals surface area contributed by atoms with Crippen molar-refractivity contribution in [1.29, 1.82) is 0 Å². The Hall–Kier alpha value is -1.56. The molecule has 2 N–H and O–H groups in total.